The molecule has 0 aliphatic heterocycles. The maximum absolute atomic E-state index is 11.2. The number of ether oxygens (including phenoxy) is 2. The fraction of sp³-hybridized carbons (Fsp3) is 0.889. The van der Waals surface area contributed by atoms with Gasteiger partial charge in [-0.25, -0.2) is 0 Å². The number of nitrogens with two attached hydrogens (primary N) is 1. The molecule has 1 unspecified atom stereocenters. The molecule has 3 N–H and O–H groups in total. The molecule has 0 spiro atoms. The molecule has 0 heterocycles. The van der Waals surface area contributed by atoms with Crippen molar-refractivity contribution in [2.45, 2.75) is 12.5 Å². The van der Waals surface area contributed by atoms with Crippen LogP contribution in [0.3, 0.4) is 0 Å². The van der Waals surface area contributed by atoms with Gasteiger partial charge in [-0.3, -0.25) is 4.79 Å². The molecule has 0 radical (unpaired) electrons. The Balaban J connectivity index is 3.38. The van der Waals surface area contributed by atoms with E-state index in [2.05, 4.69) is 0 Å². The number of hydrogen-bond acceptors (Lipinski definition) is 6. The molecule has 6 heteroatoms. The highest BCUT2D eigenvalue weighted by atomic mass is 32.2. The fourth-order valence-corrected chi connectivity index (χ4v) is 1.33. The molecule has 90 valence electrons. The van der Waals surface area contributed by atoms with Crippen molar-refractivity contribution in [1.29, 1.82) is 0 Å². The highest BCUT2D eigenvalue weighted by Gasteiger charge is 2.13. The molecule has 0 aromatic carbocycles. The lowest BCUT2D eigenvalue weighted by Gasteiger charge is -2.10. The molecular formula is C9H19NO4S. The van der Waals surface area contributed by atoms with Crippen LogP contribution in [0.25, 0.3) is 0 Å². The van der Waals surface area contributed by atoms with Crippen LogP contribution in [0.5, 0.6) is 0 Å². The number of aliphatic hydroxyl groups is 1. The molecule has 0 rings (SSSR count). The summed E-state index contributed by atoms with van der Waals surface area (Å²) in [6.45, 7) is 0.713. The lowest BCUT2D eigenvalue weighted by Crippen LogP contribution is -2.33. The maximum Gasteiger partial charge on any atom is 0.323 e. The highest BCUT2D eigenvalue weighted by Crippen LogP contribution is 2.00. The first kappa shape index (κ1) is 14.7. The first-order valence-corrected chi connectivity index (χ1v) is 6.21. The Morgan fingerprint density at radius 1 is 1.47 bits per heavy atom. The minimum Gasteiger partial charge on any atom is -0.462 e. The van der Waals surface area contributed by atoms with Crippen LogP contribution >= 0.6 is 11.8 Å². The molecule has 15 heavy (non-hydrogen) atoms. The molecule has 0 fully saturated rings. The van der Waals surface area contributed by atoms with Crippen molar-refractivity contribution in [3.63, 3.8) is 0 Å². The second-order valence-electron chi connectivity index (χ2n) is 2.89. The molecule has 0 bridgehead atoms. The molecule has 0 aromatic heterocycles. The van der Waals surface area contributed by atoms with E-state index in [1.807, 2.05) is 6.26 Å². The van der Waals surface area contributed by atoms with Crippen LogP contribution in [0.4, 0.5) is 0 Å². The van der Waals surface area contributed by atoms with Gasteiger partial charge in [0, 0.05) is 0 Å². The highest BCUT2D eigenvalue weighted by molar-refractivity contribution is 7.98. The first-order chi connectivity index (χ1) is 7.22. The summed E-state index contributed by atoms with van der Waals surface area (Å²) in [6.07, 6.45) is 2.58. The van der Waals surface area contributed by atoms with E-state index in [9.17, 15) is 4.79 Å². The van der Waals surface area contributed by atoms with Crippen molar-refractivity contribution >= 4 is 17.7 Å². The van der Waals surface area contributed by atoms with Crippen LogP contribution < -0.4 is 5.73 Å². The van der Waals surface area contributed by atoms with E-state index in [-0.39, 0.29) is 19.8 Å². The molecule has 0 amide bonds. The molecule has 0 aromatic rings. The zero-order valence-electron chi connectivity index (χ0n) is 8.98. The van der Waals surface area contributed by atoms with Crippen molar-refractivity contribution in [3.05, 3.63) is 0 Å². The summed E-state index contributed by atoms with van der Waals surface area (Å²) in [5.41, 5.74) is 5.58. The number of rotatable bonds is 9. The Kier molecular flexibility index (Phi) is 10.0. The monoisotopic (exact) mass is 237 g/mol. The first-order valence-electron chi connectivity index (χ1n) is 4.82. The summed E-state index contributed by atoms with van der Waals surface area (Å²) in [5.74, 6) is 0.453. The summed E-state index contributed by atoms with van der Waals surface area (Å²) in [7, 11) is 0. The second-order valence-corrected chi connectivity index (χ2v) is 3.88. The molecule has 0 saturated heterocycles. The van der Waals surface area contributed by atoms with Gasteiger partial charge in [0.05, 0.1) is 19.8 Å². The average molecular weight is 237 g/mol. The van der Waals surface area contributed by atoms with Gasteiger partial charge in [0.2, 0.25) is 0 Å². The van der Waals surface area contributed by atoms with Gasteiger partial charge in [-0.15, -0.1) is 0 Å². The van der Waals surface area contributed by atoms with Crippen LogP contribution in [0, 0.1) is 0 Å². The molecule has 0 saturated carbocycles. The van der Waals surface area contributed by atoms with Gasteiger partial charge in [-0.2, -0.15) is 11.8 Å². The summed E-state index contributed by atoms with van der Waals surface area (Å²) >= 11 is 1.64. The largest absolute Gasteiger partial charge is 0.462 e. The van der Waals surface area contributed by atoms with Crippen LogP contribution in [0.1, 0.15) is 6.42 Å². The summed E-state index contributed by atoms with van der Waals surface area (Å²) < 4.78 is 9.79. The van der Waals surface area contributed by atoms with E-state index >= 15 is 0 Å². The Bertz CT molecular complexity index is 168. The maximum atomic E-state index is 11.2. The van der Waals surface area contributed by atoms with E-state index in [4.69, 9.17) is 20.3 Å². The third kappa shape index (κ3) is 8.68. The molecule has 5 nitrogen and oxygen atoms in total. The van der Waals surface area contributed by atoms with E-state index in [0.29, 0.717) is 13.0 Å². The van der Waals surface area contributed by atoms with Crippen molar-refractivity contribution in [2.24, 2.45) is 5.73 Å². The quantitative estimate of drug-likeness (QED) is 0.420. The number of thioether (sulfide) groups is 1. The van der Waals surface area contributed by atoms with Crippen molar-refractivity contribution in [1.82, 2.24) is 0 Å². The Hall–Kier alpha value is -0.300. The zero-order chi connectivity index (χ0) is 11.5. The Labute approximate surface area is 94.3 Å². The van der Waals surface area contributed by atoms with Crippen molar-refractivity contribution in [3.8, 4) is 0 Å². The van der Waals surface area contributed by atoms with E-state index < -0.39 is 12.0 Å². The van der Waals surface area contributed by atoms with Crippen LogP contribution in [-0.2, 0) is 14.3 Å². The second kappa shape index (κ2) is 10.2. The number of hydrogen-bond donors (Lipinski definition) is 2. The van der Waals surface area contributed by atoms with Crippen molar-refractivity contribution in [2.75, 3.05) is 38.4 Å². The van der Waals surface area contributed by atoms with Gasteiger partial charge in [0.25, 0.3) is 0 Å². The van der Waals surface area contributed by atoms with E-state index in [1.165, 1.54) is 0 Å². The standard InChI is InChI=1S/C9H19NO4S/c1-15-7-2-8(10)9(12)14-6-5-13-4-3-11/h8,11H,2-7,10H2,1H3. The summed E-state index contributed by atoms with van der Waals surface area (Å²) in [4.78, 5) is 11.2. The third-order valence-electron chi connectivity index (χ3n) is 1.64. The van der Waals surface area contributed by atoms with Crippen molar-refractivity contribution < 1.29 is 19.4 Å². The number of carbonyl (C=O) groups is 1. The average Bonchev–Trinajstić information content (AvgIpc) is 2.25. The Morgan fingerprint density at radius 2 is 2.20 bits per heavy atom. The minimum absolute atomic E-state index is 0.0266. The van der Waals surface area contributed by atoms with Crippen LogP contribution in [0.2, 0.25) is 0 Å². The van der Waals surface area contributed by atoms with Gasteiger partial charge < -0.3 is 20.3 Å². The molecule has 0 aliphatic rings. The lowest BCUT2D eigenvalue weighted by molar-refractivity contribution is -0.146. The summed E-state index contributed by atoms with van der Waals surface area (Å²) in [5, 5.41) is 8.41. The SMILES string of the molecule is CSCCC(N)C(=O)OCCOCCO. The van der Waals surface area contributed by atoms with Gasteiger partial charge in [0.15, 0.2) is 0 Å². The lowest BCUT2D eigenvalue weighted by atomic mass is 10.2. The predicted molar refractivity (Wildman–Crippen MR) is 59.8 cm³/mol. The topological polar surface area (TPSA) is 81.8 Å². The zero-order valence-corrected chi connectivity index (χ0v) is 9.79. The predicted octanol–water partition coefficient (Wildman–Crippen LogP) is -0.381. The minimum atomic E-state index is -0.546. The van der Waals surface area contributed by atoms with E-state index in [0.717, 1.165) is 5.75 Å². The number of aliphatic hydroxyl groups excluding tert-OH is 1. The van der Waals surface area contributed by atoms with Crippen LogP contribution in [0.15, 0.2) is 0 Å². The van der Waals surface area contributed by atoms with Gasteiger partial charge in [-0.05, 0) is 18.4 Å². The van der Waals surface area contributed by atoms with Crippen LogP contribution in [-0.4, -0.2) is 55.6 Å². The van der Waals surface area contributed by atoms with Gasteiger partial charge in [-0.1, -0.05) is 0 Å². The Morgan fingerprint density at radius 3 is 2.80 bits per heavy atom. The molecule has 0 aliphatic carbocycles. The normalized spacial score (nSPS) is 12.5. The van der Waals surface area contributed by atoms with E-state index in [1.54, 1.807) is 11.8 Å². The molecule has 1 atom stereocenters. The number of esters is 1. The summed E-state index contributed by atoms with van der Waals surface area (Å²) in [6, 6.07) is -0.546. The fourth-order valence-electron chi connectivity index (χ4n) is 0.838. The van der Waals surface area contributed by atoms with Gasteiger partial charge in [0.1, 0.15) is 12.6 Å². The number of carbonyl (C=O) groups excluding carboxylic acids is 1. The van der Waals surface area contributed by atoms with Gasteiger partial charge >= 0.3 is 5.97 Å². The molecular weight excluding hydrogens is 218 g/mol. The smallest absolute Gasteiger partial charge is 0.323 e. The third-order valence-corrected chi connectivity index (χ3v) is 2.29.